The summed E-state index contributed by atoms with van der Waals surface area (Å²) in [6, 6.07) is 11.3. The third-order valence-corrected chi connectivity index (χ3v) is 4.65. The molecule has 0 saturated carbocycles. The second kappa shape index (κ2) is 8.18. The second-order valence-corrected chi connectivity index (χ2v) is 6.28. The molecule has 3 N–H and O–H groups in total. The van der Waals surface area contributed by atoms with Gasteiger partial charge in [-0.3, -0.25) is 4.79 Å². The second-order valence-electron chi connectivity index (χ2n) is 6.28. The fourth-order valence-corrected chi connectivity index (χ4v) is 3.24. The number of nitrogens with zero attached hydrogens (tertiary/aromatic N) is 1. The first-order chi connectivity index (χ1) is 12.2. The minimum atomic E-state index is -0.777. The molecule has 1 amide bonds. The lowest BCUT2D eigenvalue weighted by Gasteiger charge is -2.26. The lowest BCUT2D eigenvalue weighted by atomic mass is 10.1. The molecule has 3 rings (SSSR count). The van der Waals surface area contributed by atoms with E-state index in [9.17, 15) is 9.90 Å². The van der Waals surface area contributed by atoms with Crippen molar-refractivity contribution in [1.82, 2.24) is 15.2 Å². The van der Waals surface area contributed by atoms with E-state index < -0.39 is 6.10 Å². The van der Waals surface area contributed by atoms with Gasteiger partial charge in [0.15, 0.2) is 0 Å². The van der Waals surface area contributed by atoms with Crippen LogP contribution in [0.5, 0.6) is 5.75 Å². The van der Waals surface area contributed by atoms with Crippen LogP contribution in [0.15, 0.2) is 42.6 Å². The standard InChI is InChI=1S/C19H25N3O3/c1-25-16-5-2-4-14(12-16)18(23)13-21-19(24)17-6-3-11-22(17)15-7-9-20-10-8-15/h2-6,11-12,15,18,20,23H,7-10,13H2,1H3,(H,21,24). The summed E-state index contributed by atoms with van der Waals surface area (Å²) >= 11 is 0. The molecule has 0 radical (unpaired) electrons. The van der Waals surface area contributed by atoms with Crippen LogP contribution in [0.2, 0.25) is 0 Å². The maximum atomic E-state index is 12.5. The highest BCUT2D eigenvalue weighted by atomic mass is 16.5. The zero-order valence-corrected chi connectivity index (χ0v) is 14.4. The number of aliphatic hydroxyl groups is 1. The Kier molecular flexibility index (Phi) is 5.73. The smallest absolute Gasteiger partial charge is 0.268 e. The number of aromatic nitrogens is 1. The van der Waals surface area contributed by atoms with E-state index in [4.69, 9.17) is 4.74 Å². The van der Waals surface area contributed by atoms with Gasteiger partial charge in [-0.2, -0.15) is 0 Å². The molecule has 2 aromatic rings. The lowest BCUT2D eigenvalue weighted by molar-refractivity contribution is 0.0903. The van der Waals surface area contributed by atoms with Crippen LogP contribution in [0.25, 0.3) is 0 Å². The van der Waals surface area contributed by atoms with E-state index >= 15 is 0 Å². The van der Waals surface area contributed by atoms with Crippen LogP contribution in [0.3, 0.4) is 0 Å². The molecule has 1 aromatic carbocycles. The van der Waals surface area contributed by atoms with E-state index in [0.29, 0.717) is 23.0 Å². The Morgan fingerprint density at radius 3 is 2.92 bits per heavy atom. The largest absolute Gasteiger partial charge is 0.497 e. The monoisotopic (exact) mass is 343 g/mol. The van der Waals surface area contributed by atoms with Crippen LogP contribution < -0.4 is 15.4 Å². The number of benzene rings is 1. The van der Waals surface area contributed by atoms with Gasteiger partial charge in [0.2, 0.25) is 0 Å². The Morgan fingerprint density at radius 1 is 1.36 bits per heavy atom. The predicted molar refractivity (Wildman–Crippen MR) is 95.9 cm³/mol. The maximum absolute atomic E-state index is 12.5. The van der Waals surface area contributed by atoms with E-state index in [-0.39, 0.29) is 12.5 Å². The third kappa shape index (κ3) is 4.21. The van der Waals surface area contributed by atoms with Gasteiger partial charge in [-0.15, -0.1) is 0 Å². The summed E-state index contributed by atoms with van der Waals surface area (Å²) in [6.07, 6.45) is 3.22. The van der Waals surface area contributed by atoms with Crippen LogP contribution >= 0.6 is 0 Å². The lowest BCUT2D eigenvalue weighted by Crippen LogP contribution is -2.33. The van der Waals surface area contributed by atoms with Crippen molar-refractivity contribution in [3.63, 3.8) is 0 Å². The number of amides is 1. The van der Waals surface area contributed by atoms with Crippen molar-refractivity contribution in [3.05, 3.63) is 53.9 Å². The molecule has 1 aliphatic rings. The van der Waals surface area contributed by atoms with Gasteiger partial charge in [0.25, 0.3) is 5.91 Å². The summed E-state index contributed by atoms with van der Waals surface area (Å²) < 4.78 is 7.22. The Morgan fingerprint density at radius 2 is 2.16 bits per heavy atom. The van der Waals surface area contributed by atoms with Gasteiger partial charge in [-0.25, -0.2) is 0 Å². The predicted octanol–water partition coefficient (Wildman–Crippen LogP) is 1.88. The highest BCUT2D eigenvalue weighted by Gasteiger charge is 2.20. The molecule has 1 aromatic heterocycles. The first-order valence-electron chi connectivity index (χ1n) is 8.67. The molecule has 6 nitrogen and oxygen atoms in total. The van der Waals surface area contributed by atoms with Crippen LogP contribution in [-0.4, -0.2) is 42.3 Å². The van der Waals surface area contributed by atoms with Crippen LogP contribution in [0.4, 0.5) is 0 Å². The zero-order chi connectivity index (χ0) is 17.6. The van der Waals surface area contributed by atoms with E-state index in [0.717, 1.165) is 25.9 Å². The number of nitrogens with one attached hydrogen (secondary N) is 2. The molecule has 6 heteroatoms. The third-order valence-electron chi connectivity index (χ3n) is 4.65. The van der Waals surface area contributed by atoms with E-state index in [1.165, 1.54) is 0 Å². The van der Waals surface area contributed by atoms with Crippen molar-refractivity contribution >= 4 is 5.91 Å². The Labute approximate surface area is 147 Å². The normalized spacial score (nSPS) is 16.4. The van der Waals surface area contributed by atoms with Gasteiger partial charge in [0.05, 0.1) is 13.2 Å². The molecule has 1 unspecified atom stereocenters. The molecule has 1 aliphatic heterocycles. The number of ether oxygens (including phenoxy) is 1. The molecular weight excluding hydrogens is 318 g/mol. The van der Waals surface area contributed by atoms with Crippen molar-refractivity contribution in [1.29, 1.82) is 0 Å². The number of hydrogen-bond acceptors (Lipinski definition) is 4. The van der Waals surface area contributed by atoms with Gasteiger partial charge < -0.3 is 25.0 Å². The number of aliphatic hydroxyl groups excluding tert-OH is 1. The van der Waals surface area contributed by atoms with Crippen molar-refractivity contribution in [3.8, 4) is 5.75 Å². The van der Waals surface area contributed by atoms with Crippen molar-refractivity contribution in [2.24, 2.45) is 0 Å². The average Bonchev–Trinajstić information content (AvgIpc) is 3.16. The van der Waals surface area contributed by atoms with Crippen molar-refractivity contribution in [2.45, 2.75) is 25.0 Å². The number of rotatable bonds is 6. The first kappa shape index (κ1) is 17.5. The molecule has 1 saturated heterocycles. The zero-order valence-electron chi connectivity index (χ0n) is 14.4. The summed E-state index contributed by atoms with van der Waals surface area (Å²) in [5.74, 6) is 0.521. The van der Waals surface area contributed by atoms with Crippen LogP contribution in [0, 0.1) is 0 Å². The number of piperidine rings is 1. The highest BCUT2D eigenvalue weighted by Crippen LogP contribution is 2.22. The SMILES string of the molecule is COc1cccc(C(O)CNC(=O)c2cccn2C2CCNCC2)c1. The summed E-state index contributed by atoms with van der Waals surface area (Å²) in [4.78, 5) is 12.5. The minimum absolute atomic E-state index is 0.156. The molecule has 0 spiro atoms. The Hall–Kier alpha value is -2.31. The molecule has 1 atom stereocenters. The summed E-state index contributed by atoms with van der Waals surface area (Å²) in [7, 11) is 1.59. The summed E-state index contributed by atoms with van der Waals surface area (Å²) in [6.45, 7) is 2.10. The van der Waals surface area contributed by atoms with E-state index in [1.807, 2.05) is 41.1 Å². The van der Waals surface area contributed by atoms with E-state index in [2.05, 4.69) is 10.6 Å². The van der Waals surface area contributed by atoms with Crippen LogP contribution in [-0.2, 0) is 0 Å². The Balaban J connectivity index is 1.62. The maximum Gasteiger partial charge on any atom is 0.268 e. The van der Waals surface area contributed by atoms with E-state index in [1.54, 1.807) is 13.2 Å². The van der Waals surface area contributed by atoms with Gasteiger partial charge in [-0.05, 0) is 55.8 Å². The number of methoxy groups -OCH3 is 1. The highest BCUT2D eigenvalue weighted by molar-refractivity contribution is 5.92. The van der Waals surface area contributed by atoms with Crippen molar-refractivity contribution < 1.29 is 14.6 Å². The molecule has 25 heavy (non-hydrogen) atoms. The number of carbonyl (C=O) groups is 1. The quantitative estimate of drug-likeness (QED) is 0.749. The number of carbonyl (C=O) groups excluding carboxylic acids is 1. The van der Waals surface area contributed by atoms with Gasteiger partial charge in [-0.1, -0.05) is 12.1 Å². The van der Waals surface area contributed by atoms with Gasteiger partial charge in [0, 0.05) is 18.8 Å². The summed E-state index contributed by atoms with van der Waals surface area (Å²) in [5, 5.41) is 16.5. The van der Waals surface area contributed by atoms with Gasteiger partial charge >= 0.3 is 0 Å². The molecular formula is C19H25N3O3. The minimum Gasteiger partial charge on any atom is -0.497 e. The molecule has 0 bridgehead atoms. The number of hydrogen-bond donors (Lipinski definition) is 3. The van der Waals surface area contributed by atoms with Crippen LogP contribution in [0.1, 0.15) is 41.0 Å². The Bertz CT molecular complexity index is 707. The fraction of sp³-hybridized carbons (Fsp3) is 0.421. The van der Waals surface area contributed by atoms with Crippen molar-refractivity contribution in [2.75, 3.05) is 26.7 Å². The topological polar surface area (TPSA) is 75.5 Å². The average molecular weight is 343 g/mol. The molecule has 2 heterocycles. The van der Waals surface area contributed by atoms with Gasteiger partial charge in [0.1, 0.15) is 11.4 Å². The first-order valence-corrected chi connectivity index (χ1v) is 8.67. The molecule has 134 valence electrons. The molecule has 0 aliphatic carbocycles. The summed E-state index contributed by atoms with van der Waals surface area (Å²) in [5.41, 5.74) is 1.36. The fourth-order valence-electron chi connectivity index (χ4n) is 3.24. The molecule has 1 fully saturated rings.